The quantitative estimate of drug-likeness (QED) is 0.569. The topological polar surface area (TPSA) is 118 Å². The highest BCUT2D eigenvalue weighted by molar-refractivity contribution is 5.86. The van der Waals surface area contributed by atoms with Crippen molar-refractivity contribution in [2.75, 3.05) is 11.9 Å². The average Bonchev–Trinajstić information content (AvgIpc) is 2.55. The summed E-state index contributed by atoms with van der Waals surface area (Å²) in [6.07, 6.45) is 5.96. The number of fused-ring (bicyclic) bond motifs is 1. The molecule has 0 saturated carbocycles. The van der Waals surface area contributed by atoms with Crippen LogP contribution >= 0.6 is 0 Å². The van der Waals surface area contributed by atoms with Crippen LogP contribution in [0, 0.1) is 10.1 Å². The average molecular weight is 312 g/mol. The van der Waals surface area contributed by atoms with Crippen LogP contribution in [0.4, 0.5) is 11.4 Å². The number of nitrogens with zero attached hydrogens (tertiary/aromatic N) is 5. The van der Waals surface area contributed by atoms with Gasteiger partial charge >= 0.3 is 0 Å². The second-order valence-electron chi connectivity index (χ2n) is 4.90. The first-order valence-corrected chi connectivity index (χ1v) is 6.68. The van der Waals surface area contributed by atoms with E-state index < -0.39 is 10.5 Å². The third-order valence-electron chi connectivity index (χ3n) is 3.36. The van der Waals surface area contributed by atoms with Crippen LogP contribution in [0.5, 0.6) is 0 Å². The maximum absolute atomic E-state index is 11.8. The Kier molecular flexibility index (Phi) is 3.67. The lowest BCUT2D eigenvalue weighted by atomic mass is 10.1. The molecule has 0 saturated heterocycles. The van der Waals surface area contributed by atoms with Gasteiger partial charge in [0.05, 0.1) is 40.6 Å². The Morgan fingerprint density at radius 3 is 2.83 bits per heavy atom. The Labute approximate surface area is 129 Å². The molecule has 0 unspecified atom stereocenters. The lowest BCUT2D eigenvalue weighted by molar-refractivity contribution is -0.384. The van der Waals surface area contributed by atoms with Crippen molar-refractivity contribution in [3.05, 3.63) is 63.2 Å². The van der Waals surface area contributed by atoms with Crippen molar-refractivity contribution in [1.82, 2.24) is 19.9 Å². The maximum atomic E-state index is 11.8. The van der Waals surface area contributed by atoms with Gasteiger partial charge in [-0.3, -0.25) is 24.9 Å². The molecule has 1 N–H and O–H groups in total. The Bertz CT molecular complexity index is 925. The van der Waals surface area contributed by atoms with Crippen molar-refractivity contribution in [3.63, 3.8) is 0 Å². The molecule has 0 amide bonds. The summed E-state index contributed by atoms with van der Waals surface area (Å²) in [6.45, 7) is 0.337. The SMILES string of the molecule is CN(Cc1cnccn1)c1cc2nc[nH]c(=O)c2cc1[N+](=O)[O-]. The van der Waals surface area contributed by atoms with E-state index in [1.165, 1.54) is 18.5 Å². The smallest absolute Gasteiger partial charge is 0.293 e. The molecule has 9 nitrogen and oxygen atoms in total. The van der Waals surface area contributed by atoms with Crippen molar-refractivity contribution in [2.45, 2.75) is 6.54 Å². The Morgan fingerprint density at radius 2 is 2.13 bits per heavy atom. The van der Waals surface area contributed by atoms with Crippen LogP contribution in [0.1, 0.15) is 5.69 Å². The number of H-pyrrole nitrogens is 1. The third kappa shape index (κ3) is 2.84. The lowest BCUT2D eigenvalue weighted by Gasteiger charge is -2.18. The van der Waals surface area contributed by atoms with Crippen molar-refractivity contribution >= 4 is 22.3 Å². The molecule has 0 aliphatic rings. The van der Waals surface area contributed by atoms with Gasteiger partial charge in [-0.2, -0.15) is 0 Å². The first-order chi connectivity index (χ1) is 11.1. The highest BCUT2D eigenvalue weighted by Gasteiger charge is 2.20. The highest BCUT2D eigenvalue weighted by Crippen LogP contribution is 2.31. The number of nitro groups is 1. The van der Waals surface area contributed by atoms with E-state index in [1.807, 2.05) is 0 Å². The fourth-order valence-corrected chi connectivity index (χ4v) is 2.28. The van der Waals surface area contributed by atoms with E-state index in [9.17, 15) is 14.9 Å². The molecule has 0 fully saturated rings. The van der Waals surface area contributed by atoms with Gasteiger partial charge in [0.1, 0.15) is 5.69 Å². The zero-order valence-electron chi connectivity index (χ0n) is 12.1. The van der Waals surface area contributed by atoms with Crippen LogP contribution in [0.3, 0.4) is 0 Å². The van der Waals surface area contributed by atoms with Crippen LogP contribution in [-0.2, 0) is 6.54 Å². The Morgan fingerprint density at radius 1 is 1.30 bits per heavy atom. The predicted molar refractivity (Wildman–Crippen MR) is 83.2 cm³/mol. The van der Waals surface area contributed by atoms with E-state index >= 15 is 0 Å². The first-order valence-electron chi connectivity index (χ1n) is 6.68. The molecular weight excluding hydrogens is 300 g/mol. The summed E-state index contributed by atoms with van der Waals surface area (Å²) < 4.78 is 0. The van der Waals surface area contributed by atoms with E-state index in [0.29, 0.717) is 23.4 Å². The second kappa shape index (κ2) is 5.79. The summed E-state index contributed by atoms with van der Waals surface area (Å²) >= 11 is 0. The van der Waals surface area contributed by atoms with Gasteiger partial charge in [0.25, 0.3) is 11.2 Å². The molecular formula is C14H12N6O3. The minimum absolute atomic E-state index is 0.164. The van der Waals surface area contributed by atoms with E-state index in [-0.39, 0.29) is 11.1 Å². The summed E-state index contributed by atoms with van der Waals surface area (Å²) in [4.78, 5) is 38.9. The zero-order valence-corrected chi connectivity index (χ0v) is 12.1. The summed E-state index contributed by atoms with van der Waals surface area (Å²) in [7, 11) is 1.70. The number of aromatic amines is 1. The van der Waals surface area contributed by atoms with Crippen molar-refractivity contribution < 1.29 is 4.92 Å². The summed E-state index contributed by atoms with van der Waals surface area (Å²) in [5.41, 5.74) is 0.832. The summed E-state index contributed by atoms with van der Waals surface area (Å²) in [5, 5.41) is 11.5. The fourth-order valence-electron chi connectivity index (χ4n) is 2.28. The lowest BCUT2D eigenvalue weighted by Crippen LogP contribution is -2.19. The number of nitrogens with one attached hydrogen (secondary N) is 1. The van der Waals surface area contributed by atoms with E-state index in [0.717, 1.165) is 0 Å². The number of hydrogen-bond donors (Lipinski definition) is 1. The molecule has 0 bridgehead atoms. The molecule has 2 aromatic heterocycles. The highest BCUT2D eigenvalue weighted by atomic mass is 16.6. The standard InChI is InChI=1S/C14H12N6O3/c1-19(7-9-6-15-2-3-16-9)12-5-11-10(4-13(12)20(22)23)14(21)18-8-17-11/h2-6,8H,7H2,1H3,(H,17,18,21). The fraction of sp³-hybridized carbons (Fsp3) is 0.143. The molecule has 0 aliphatic heterocycles. The molecule has 0 aliphatic carbocycles. The number of aromatic nitrogens is 4. The van der Waals surface area contributed by atoms with Crippen molar-refractivity contribution in [2.24, 2.45) is 0 Å². The summed E-state index contributed by atoms with van der Waals surface area (Å²) in [6, 6.07) is 2.77. The zero-order chi connectivity index (χ0) is 16.4. The molecule has 23 heavy (non-hydrogen) atoms. The third-order valence-corrected chi connectivity index (χ3v) is 3.36. The normalized spacial score (nSPS) is 10.7. The number of anilines is 1. The monoisotopic (exact) mass is 312 g/mol. The molecule has 3 aromatic rings. The van der Waals surface area contributed by atoms with Crippen LogP contribution in [0.25, 0.3) is 10.9 Å². The van der Waals surface area contributed by atoms with Crippen molar-refractivity contribution in [3.8, 4) is 0 Å². The second-order valence-corrected chi connectivity index (χ2v) is 4.90. The maximum Gasteiger partial charge on any atom is 0.293 e. The largest absolute Gasteiger partial charge is 0.363 e. The van der Waals surface area contributed by atoms with Gasteiger partial charge in [-0.1, -0.05) is 0 Å². The molecule has 0 spiro atoms. The molecule has 3 rings (SSSR count). The Balaban J connectivity index is 2.10. The van der Waals surface area contributed by atoms with Gasteiger partial charge < -0.3 is 9.88 Å². The molecule has 0 atom stereocenters. The van der Waals surface area contributed by atoms with E-state index in [2.05, 4.69) is 19.9 Å². The Hall–Kier alpha value is -3.36. The number of rotatable bonds is 4. The minimum Gasteiger partial charge on any atom is -0.363 e. The van der Waals surface area contributed by atoms with Gasteiger partial charge in [-0.05, 0) is 6.07 Å². The summed E-state index contributed by atoms with van der Waals surface area (Å²) in [5.74, 6) is 0. The van der Waals surface area contributed by atoms with Gasteiger partial charge in [-0.15, -0.1) is 0 Å². The van der Waals surface area contributed by atoms with E-state index in [4.69, 9.17) is 0 Å². The number of nitro benzene ring substituents is 1. The van der Waals surface area contributed by atoms with Gasteiger partial charge in [0.15, 0.2) is 0 Å². The number of benzene rings is 1. The van der Waals surface area contributed by atoms with Gasteiger partial charge in [0, 0.05) is 25.5 Å². The van der Waals surface area contributed by atoms with Crippen LogP contribution in [-0.4, -0.2) is 31.9 Å². The molecule has 0 radical (unpaired) electrons. The molecule has 1 aromatic carbocycles. The van der Waals surface area contributed by atoms with Gasteiger partial charge in [-0.25, -0.2) is 4.98 Å². The minimum atomic E-state index is -0.519. The number of hydrogen-bond acceptors (Lipinski definition) is 7. The predicted octanol–water partition coefficient (Wildman–Crippen LogP) is 1.26. The van der Waals surface area contributed by atoms with Crippen LogP contribution in [0.2, 0.25) is 0 Å². The van der Waals surface area contributed by atoms with Crippen molar-refractivity contribution in [1.29, 1.82) is 0 Å². The first kappa shape index (κ1) is 14.6. The molecule has 116 valence electrons. The van der Waals surface area contributed by atoms with Gasteiger partial charge in [0.2, 0.25) is 0 Å². The van der Waals surface area contributed by atoms with Crippen LogP contribution in [0.15, 0.2) is 41.8 Å². The van der Waals surface area contributed by atoms with Crippen LogP contribution < -0.4 is 10.5 Å². The van der Waals surface area contributed by atoms with E-state index in [1.54, 1.807) is 30.5 Å². The molecule has 9 heteroatoms. The molecule has 2 heterocycles.